The summed E-state index contributed by atoms with van der Waals surface area (Å²) in [5.74, 6) is 0.938. The Hall–Kier alpha value is -1.80. The minimum atomic E-state index is 0.627. The number of benzene rings is 2. The Labute approximate surface area is 121 Å². The lowest BCUT2D eigenvalue weighted by Gasteiger charge is -2.07. The Bertz CT molecular complexity index is 479. The molecule has 0 amide bonds. The molecule has 2 aromatic rings. The third-order valence-electron chi connectivity index (χ3n) is 3.31. The van der Waals surface area contributed by atoms with Gasteiger partial charge in [0.05, 0.1) is 0 Å². The van der Waals surface area contributed by atoms with E-state index in [1.54, 1.807) is 0 Å². The van der Waals surface area contributed by atoms with Crippen LogP contribution in [0.4, 0.5) is 0 Å². The van der Waals surface area contributed by atoms with Crippen molar-refractivity contribution in [2.45, 2.75) is 25.9 Å². The van der Waals surface area contributed by atoms with Crippen LogP contribution in [0.2, 0.25) is 0 Å². The van der Waals surface area contributed by atoms with Gasteiger partial charge in [-0.2, -0.15) is 0 Å². The van der Waals surface area contributed by atoms with Gasteiger partial charge in [0, 0.05) is 0 Å². The van der Waals surface area contributed by atoms with E-state index < -0.39 is 0 Å². The third-order valence-corrected chi connectivity index (χ3v) is 3.31. The lowest BCUT2D eigenvalue weighted by atomic mass is 10.1. The van der Waals surface area contributed by atoms with Crippen molar-refractivity contribution in [3.05, 3.63) is 65.7 Å². The molecule has 0 spiro atoms. The molecule has 0 aromatic heterocycles. The van der Waals surface area contributed by atoms with Crippen LogP contribution in [-0.2, 0) is 13.0 Å². The Balaban J connectivity index is 1.76. The lowest BCUT2D eigenvalue weighted by molar-refractivity contribution is 0.306. The summed E-state index contributed by atoms with van der Waals surface area (Å²) in [5.41, 5.74) is 2.58. The van der Waals surface area contributed by atoms with Gasteiger partial charge in [0.25, 0.3) is 0 Å². The molecule has 0 saturated carbocycles. The highest BCUT2D eigenvalue weighted by molar-refractivity contribution is 5.27. The van der Waals surface area contributed by atoms with Crippen molar-refractivity contribution in [3.8, 4) is 5.75 Å². The molecule has 0 atom stereocenters. The van der Waals surface area contributed by atoms with Crippen LogP contribution in [0.3, 0.4) is 0 Å². The Kier molecular flexibility index (Phi) is 6.12. The predicted molar refractivity (Wildman–Crippen MR) is 84.1 cm³/mol. The fourth-order valence-corrected chi connectivity index (χ4v) is 2.12. The smallest absolute Gasteiger partial charge is 0.119 e. The van der Waals surface area contributed by atoms with Crippen molar-refractivity contribution in [1.82, 2.24) is 5.32 Å². The quantitative estimate of drug-likeness (QED) is 0.736. The molecule has 0 unspecified atom stereocenters. The largest absolute Gasteiger partial charge is 0.489 e. The fraction of sp³-hybridized carbons (Fsp3) is 0.333. The van der Waals surface area contributed by atoms with Gasteiger partial charge in [0.2, 0.25) is 0 Å². The van der Waals surface area contributed by atoms with Gasteiger partial charge in [0.15, 0.2) is 0 Å². The first-order chi connectivity index (χ1) is 9.88. The number of nitrogens with one attached hydrogen (secondary N) is 1. The molecule has 1 N–H and O–H groups in total. The highest BCUT2D eigenvalue weighted by Crippen LogP contribution is 2.15. The highest BCUT2D eigenvalue weighted by atomic mass is 16.5. The van der Waals surface area contributed by atoms with Crippen LogP contribution in [0.25, 0.3) is 0 Å². The second-order valence-corrected chi connectivity index (χ2v) is 4.98. The molecule has 0 heterocycles. The van der Waals surface area contributed by atoms with E-state index in [1.165, 1.54) is 24.0 Å². The van der Waals surface area contributed by atoms with Crippen molar-refractivity contribution in [2.75, 3.05) is 13.6 Å². The van der Waals surface area contributed by atoms with Crippen LogP contribution in [0.15, 0.2) is 54.6 Å². The van der Waals surface area contributed by atoms with Crippen LogP contribution in [0.5, 0.6) is 5.75 Å². The Morgan fingerprint density at radius 2 is 1.60 bits per heavy atom. The molecule has 0 saturated heterocycles. The molecule has 2 aromatic carbocycles. The molecule has 2 nitrogen and oxygen atoms in total. The summed E-state index contributed by atoms with van der Waals surface area (Å²) in [6, 6.07) is 18.7. The van der Waals surface area contributed by atoms with Gasteiger partial charge in [0.1, 0.15) is 12.4 Å². The first-order valence-corrected chi connectivity index (χ1v) is 7.29. The minimum absolute atomic E-state index is 0.627. The zero-order valence-corrected chi connectivity index (χ0v) is 12.1. The van der Waals surface area contributed by atoms with Crippen molar-refractivity contribution in [3.63, 3.8) is 0 Å². The summed E-state index contributed by atoms with van der Waals surface area (Å²) < 4.78 is 5.78. The van der Waals surface area contributed by atoms with Gasteiger partial charge in [-0.25, -0.2) is 0 Å². The Morgan fingerprint density at radius 3 is 2.30 bits per heavy atom. The maximum Gasteiger partial charge on any atom is 0.119 e. The number of ether oxygens (including phenoxy) is 1. The summed E-state index contributed by atoms with van der Waals surface area (Å²) in [6.45, 7) is 1.72. The zero-order valence-electron chi connectivity index (χ0n) is 12.1. The van der Waals surface area contributed by atoms with E-state index >= 15 is 0 Å². The molecule has 0 fully saturated rings. The standard InChI is InChI=1S/C18H23NO/c1-19-14-6-5-7-16-10-12-18(13-11-16)20-15-17-8-3-2-4-9-17/h2-4,8-13,19H,5-7,14-15H2,1H3. The van der Waals surface area contributed by atoms with Crippen LogP contribution in [0.1, 0.15) is 24.0 Å². The average molecular weight is 269 g/mol. The fourth-order valence-electron chi connectivity index (χ4n) is 2.12. The third kappa shape index (κ3) is 5.06. The first-order valence-electron chi connectivity index (χ1n) is 7.29. The van der Waals surface area contributed by atoms with E-state index in [-0.39, 0.29) is 0 Å². The molecule has 0 aliphatic carbocycles. The van der Waals surface area contributed by atoms with Crippen LogP contribution in [0, 0.1) is 0 Å². The molecule has 106 valence electrons. The molecule has 0 bridgehead atoms. The monoisotopic (exact) mass is 269 g/mol. The molecular formula is C18H23NO. The maximum absolute atomic E-state index is 5.78. The second-order valence-electron chi connectivity index (χ2n) is 4.98. The number of hydrogen-bond donors (Lipinski definition) is 1. The van der Waals surface area contributed by atoms with E-state index in [2.05, 4.69) is 41.7 Å². The number of unbranched alkanes of at least 4 members (excludes halogenated alkanes) is 1. The minimum Gasteiger partial charge on any atom is -0.489 e. The van der Waals surface area contributed by atoms with E-state index in [1.807, 2.05) is 25.2 Å². The van der Waals surface area contributed by atoms with Gasteiger partial charge in [-0.3, -0.25) is 0 Å². The highest BCUT2D eigenvalue weighted by Gasteiger charge is 1.97. The van der Waals surface area contributed by atoms with Crippen molar-refractivity contribution >= 4 is 0 Å². The average Bonchev–Trinajstić information content (AvgIpc) is 2.52. The van der Waals surface area contributed by atoms with Crippen molar-refractivity contribution in [2.24, 2.45) is 0 Å². The molecular weight excluding hydrogens is 246 g/mol. The van der Waals surface area contributed by atoms with Gasteiger partial charge in [-0.05, 0) is 56.1 Å². The Morgan fingerprint density at radius 1 is 0.850 bits per heavy atom. The molecule has 2 heteroatoms. The zero-order chi connectivity index (χ0) is 14.0. The number of aryl methyl sites for hydroxylation is 1. The van der Waals surface area contributed by atoms with Crippen LogP contribution >= 0.6 is 0 Å². The lowest BCUT2D eigenvalue weighted by Crippen LogP contribution is -2.07. The second kappa shape index (κ2) is 8.39. The predicted octanol–water partition coefficient (Wildman–Crippen LogP) is 3.81. The summed E-state index contributed by atoms with van der Waals surface area (Å²) in [7, 11) is 2.00. The van der Waals surface area contributed by atoms with E-state index in [9.17, 15) is 0 Å². The molecule has 20 heavy (non-hydrogen) atoms. The van der Waals surface area contributed by atoms with Crippen LogP contribution < -0.4 is 10.1 Å². The summed E-state index contributed by atoms with van der Waals surface area (Å²) in [4.78, 5) is 0. The van der Waals surface area contributed by atoms with Gasteiger partial charge in [-0.1, -0.05) is 42.5 Å². The van der Waals surface area contributed by atoms with Crippen molar-refractivity contribution < 1.29 is 4.74 Å². The van der Waals surface area contributed by atoms with Gasteiger partial charge >= 0.3 is 0 Å². The van der Waals surface area contributed by atoms with Crippen molar-refractivity contribution in [1.29, 1.82) is 0 Å². The van der Waals surface area contributed by atoms with E-state index in [0.717, 1.165) is 18.7 Å². The number of hydrogen-bond acceptors (Lipinski definition) is 2. The molecule has 0 aliphatic heterocycles. The van der Waals surface area contributed by atoms with E-state index in [4.69, 9.17) is 4.74 Å². The summed E-state index contributed by atoms with van der Waals surface area (Å²) in [5, 5.41) is 3.18. The summed E-state index contributed by atoms with van der Waals surface area (Å²) >= 11 is 0. The first kappa shape index (κ1) is 14.6. The maximum atomic E-state index is 5.78. The van der Waals surface area contributed by atoms with Gasteiger partial charge in [-0.15, -0.1) is 0 Å². The number of rotatable bonds is 8. The SMILES string of the molecule is CNCCCCc1ccc(OCc2ccccc2)cc1. The van der Waals surface area contributed by atoms with Gasteiger partial charge < -0.3 is 10.1 Å². The van der Waals surface area contributed by atoms with E-state index in [0.29, 0.717) is 6.61 Å². The molecule has 0 radical (unpaired) electrons. The normalized spacial score (nSPS) is 10.4. The molecule has 0 aliphatic rings. The van der Waals surface area contributed by atoms with Crippen LogP contribution in [-0.4, -0.2) is 13.6 Å². The summed E-state index contributed by atoms with van der Waals surface area (Å²) in [6.07, 6.45) is 3.59. The topological polar surface area (TPSA) is 21.3 Å². The molecule has 2 rings (SSSR count).